The van der Waals surface area contributed by atoms with Crippen LogP contribution in [0.5, 0.6) is 5.75 Å². The Kier molecular flexibility index (Phi) is 3.13. The summed E-state index contributed by atoms with van der Waals surface area (Å²) < 4.78 is 0. The molecule has 1 aliphatic rings. The predicted molar refractivity (Wildman–Crippen MR) is 84.2 cm³/mol. The van der Waals surface area contributed by atoms with Crippen molar-refractivity contribution in [2.75, 3.05) is 10.6 Å². The van der Waals surface area contributed by atoms with E-state index in [4.69, 9.17) is 0 Å². The Labute approximate surface area is 128 Å². The average molecular weight is 296 g/mol. The molecule has 0 aliphatic carbocycles. The molecule has 2 amide bonds. The van der Waals surface area contributed by atoms with Gasteiger partial charge in [0.25, 0.3) is 5.91 Å². The number of benzene rings is 2. The van der Waals surface area contributed by atoms with Gasteiger partial charge in [-0.25, -0.2) is 0 Å². The molecule has 0 atom stereocenters. The van der Waals surface area contributed by atoms with Crippen molar-refractivity contribution in [2.24, 2.45) is 0 Å². The van der Waals surface area contributed by atoms with Crippen LogP contribution < -0.4 is 10.6 Å². The number of anilines is 2. The lowest BCUT2D eigenvalue weighted by Gasteiger charge is -2.15. The molecule has 5 nitrogen and oxygen atoms in total. The van der Waals surface area contributed by atoms with Gasteiger partial charge in [0.1, 0.15) is 5.75 Å². The SMILES string of the molecule is CC1(C)C(=O)Nc2cc(C(=O)Nc3ccccc3O)ccc21. The summed E-state index contributed by atoms with van der Waals surface area (Å²) in [5.74, 6) is -0.421. The minimum atomic E-state index is -0.595. The number of hydrogen-bond donors (Lipinski definition) is 3. The molecular weight excluding hydrogens is 280 g/mol. The van der Waals surface area contributed by atoms with Crippen LogP contribution in [-0.4, -0.2) is 16.9 Å². The molecule has 0 saturated carbocycles. The predicted octanol–water partition coefficient (Wildman–Crippen LogP) is 2.87. The smallest absolute Gasteiger partial charge is 0.255 e. The highest BCUT2D eigenvalue weighted by Gasteiger charge is 2.38. The van der Waals surface area contributed by atoms with Gasteiger partial charge in [-0.15, -0.1) is 0 Å². The zero-order chi connectivity index (χ0) is 15.9. The molecule has 0 spiro atoms. The highest BCUT2D eigenvalue weighted by atomic mass is 16.3. The van der Waals surface area contributed by atoms with Gasteiger partial charge in [0, 0.05) is 11.3 Å². The Hall–Kier alpha value is -2.82. The van der Waals surface area contributed by atoms with Gasteiger partial charge in [0.15, 0.2) is 0 Å². The molecule has 0 unspecified atom stereocenters. The van der Waals surface area contributed by atoms with Crippen LogP contribution in [0.15, 0.2) is 42.5 Å². The van der Waals surface area contributed by atoms with Crippen molar-refractivity contribution in [2.45, 2.75) is 19.3 Å². The Morgan fingerprint density at radius 1 is 1.18 bits per heavy atom. The van der Waals surface area contributed by atoms with E-state index in [9.17, 15) is 14.7 Å². The van der Waals surface area contributed by atoms with E-state index in [1.54, 1.807) is 36.4 Å². The summed E-state index contributed by atoms with van der Waals surface area (Å²) in [4.78, 5) is 24.2. The molecule has 3 N–H and O–H groups in total. The minimum absolute atomic E-state index is 0.00597. The summed E-state index contributed by atoms with van der Waals surface area (Å²) in [5.41, 5.74) is 1.69. The van der Waals surface area contributed by atoms with E-state index in [-0.39, 0.29) is 17.6 Å². The van der Waals surface area contributed by atoms with Crippen molar-refractivity contribution in [3.05, 3.63) is 53.6 Å². The van der Waals surface area contributed by atoms with E-state index in [1.165, 1.54) is 6.07 Å². The number of aromatic hydroxyl groups is 1. The maximum atomic E-state index is 12.3. The summed E-state index contributed by atoms with van der Waals surface area (Å²) in [7, 11) is 0. The lowest BCUT2D eigenvalue weighted by Crippen LogP contribution is -2.26. The lowest BCUT2D eigenvalue weighted by atomic mass is 9.86. The van der Waals surface area contributed by atoms with Gasteiger partial charge < -0.3 is 15.7 Å². The van der Waals surface area contributed by atoms with Crippen LogP contribution in [0.4, 0.5) is 11.4 Å². The van der Waals surface area contributed by atoms with E-state index >= 15 is 0 Å². The quantitative estimate of drug-likeness (QED) is 0.746. The molecule has 3 rings (SSSR count). The summed E-state index contributed by atoms with van der Waals surface area (Å²) in [6.45, 7) is 3.69. The highest BCUT2D eigenvalue weighted by Crippen LogP contribution is 2.37. The Bertz CT molecular complexity index is 781. The first-order chi connectivity index (χ1) is 10.4. The van der Waals surface area contributed by atoms with Crippen LogP contribution in [-0.2, 0) is 10.2 Å². The van der Waals surface area contributed by atoms with Crippen LogP contribution in [0, 0.1) is 0 Å². The third kappa shape index (κ3) is 2.20. The number of para-hydroxylation sites is 2. The van der Waals surface area contributed by atoms with Crippen molar-refractivity contribution < 1.29 is 14.7 Å². The van der Waals surface area contributed by atoms with Gasteiger partial charge in [-0.3, -0.25) is 9.59 Å². The zero-order valence-electron chi connectivity index (χ0n) is 12.3. The van der Waals surface area contributed by atoms with Crippen LogP contribution in [0.25, 0.3) is 0 Å². The molecule has 0 fully saturated rings. The summed E-state index contributed by atoms with van der Waals surface area (Å²) >= 11 is 0. The van der Waals surface area contributed by atoms with E-state index in [0.717, 1.165) is 5.56 Å². The monoisotopic (exact) mass is 296 g/mol. The van der Waals surface area contributed by atoms with E-state index in [1.807, 2.05) is 13.8 Å². The van der Waals surface area contributed by atoms with Gasteiger partial charge in [-0.05, 0) is 43.7 Å². The molecule has 2 aromatic carbocycles. The summed E-state index contributed by atoms with van der Waals surface area (Å²) in [6.07, 6.45) is 0. The molecule has 0 aromatic heterocycles. The van der Waals surface area contributed by atoms with Gasteiger partial charge in [0.2, 0.25) is 5.91 Å². The third-order valence-corrected chi connectivity index (χ3v) is 3.92. The molecule has 0 radical (unpaired) electrons. The number of amides is 2. The van der Waals surface area contributed by atoms with Gasteiger partial charge in [-0.2, -0.15) is 0 Å². The van der Waals surface area contributed by atoms with Crippen LogP contribution in [0.3, 0.4) is 0 Å². The maximum absolute atomic E-state index is 12.3. The van der Waals surface area contributed by atoms with Gasteiger partial charge >= 0.3 is 0 Å². The molecule has 2 aromatic rings. The first-order valence-corrected chi connectivity index (χ1v) is 6.95. The number of carbonyl (C=O) groups is 2. The van der Waals surface area contributed by atoms with Crippen molar-refractivity contribution in [3.63, 3.8) is 0 Å². The second-order valence-corrected chi connectivity index (χ2v) is 5.81. The van der Waals surface area contributed by atoms with E-state index < -0.39 is 5.41 Å². The number of fused-ring (bicyclic) bond motifs is 1. The Morgan fingerprint density at radius 2 is 1.91 bits per heavy atom. The molecule has 0 saturated heterocycles. The first-order valence-electron chi connectivity index (χ1n) is 6.95. The molecule has 0 bridgehead atoms. The Morgan fingerprint density at radius 3 is 2.64 bits per heavy atom. The fourth-order valence-electron chi connectivity index (χ4n) is 2.51. The molecule has 1 heterocycles. The molecular formula is C17H16N2O3. The maximum Gasteiger partial charge on any atom is 0.255 e. The number of nitrogens with one attached hydrogen (secondary N) is 2. The second-order valence-electron chi connectivity index (χ2n) is 5.81. The summed E-state index contributed by atoms with van der Waals surface area (Å²) in [6, 6.07) is 11.6. The lowest BCUT2D eigenvalue weighted by molar-refractivity contribution is -0.119. The normalized spacial score (nSPS) is 15.1. The number of rotatable bonds is 2. The van der Waals surface area contributed by atoms with Crippen molar-refractivity contribution in [1.29, 1.82) is 0 Å². The highest BCUT2D eigenvalue weighted by molar-refractivity contribution is 6.09. The third-order valence-electron chi connectivity index (χ3n) is 3.92. The van der Waals surface area contributed by atoms with Crippen LogP contribution >= 0.6 is 0 Å². The molecule has 1 aliphatic heterocycles. The van der Waals surface area contributed by atoms with Gasteiger partial charge in [0.05, 0.1) is 11.1 Å². The minimum Gasteiger partial charge on any atom is -0.506 e. The first kappa shape index (κ1) is 14.1. The topological polar surface area (TPSA) is 78.4 Å². The average Bonchev–Trinajstić information content (AvgIpc) is 2.71. The van der Waals surface area contributed by atoms with E-state index in [2.05, 4.69) is 10.6 Å². The largest absolute Gasteiger partial charge is 0.506 e. The Balaban J connectivity index is 1.88. The molecule has 22 heavy (non-hydrogen) atoms. The molecule has 5 heteroatoms. The van der Waals surface area contributed by atoms with E-state index in [0.29, 0.717) is 16.9 Å². The fourth-order valence-corrected chi connectivity index (χ4v) is 2.51. The number of hydrogen-bond acceptors (Lipinski definition) is 3. The summed E-state index contributed by atoms with van der Waals surface area (Å²) in [5, 5.41) is 15.1. The van der Waals surface area contributed by atoms with Crippen LogP contribution in [0.2, 0.25) is 0 Å². The number of phenols is 1. The van der Waals surface area contributed by atoms with Crippen molar-refractivity contribution in [1.82, 2.24) is 0 Å². The van der Waals surface area contributed by atoms with Crippen molar-refractivity contribution in [3.8, 4) is 5.75 Å². The number of carbonyl (C=O) groups excluding carboxylic acids is 2. The van der Waals surface area contributed by atoms with Crippen LogP contribution in [0.1, 0.15) is 29.8 Å². The number of phenolic OH excluding ortho intramolecular Hbond substituents is 1. The van der Waals surface area contributed by atoms with Gasteiger partial charge in [-0.1, -0.05) is 18.2 Å². The second kappa shape index (κ2) is 4.87. The standard InChI is InChI=1S/C17H16N2O3/c1-17(2)11-8-7-10(9-13(11)19-16(17)22)15(21)18-12-5-3-4-6-14(12)20/h3-9,20H,1-2H3,(H,18,21)(H,19,22). The fraction of sp³-hybridized carbons (Fsp3) is 0.176. The zero-order valence-corrected chi connectivity index (χ0v) is 12.3. The molecule has 112 valence electrons. The van der Waals surface area contributed by atoms with Crippen molar-refractivity contribution >= 4 is 23.2 Å².